The van der Waals surface area contributed by atoms with Gasteiger partial charge in [-0.15, -0.1) is 0 Å². The van der Waals surface area contributed by atoms with Gasteiger partial charge in [-0.2, -0.15) is 0 Å². The van der Waals surface area contributed by atoms with Crippen molar-refractivity contribution >= 4 is 22.5 Å². The van der Waals surface area contributed by atoms with Crippen LogP contribution in [-0.2, 0) is 11.2 Å². The molecule has 0 aliphatic heterocycles. The molecule has 0 radical (unpaired) electrons. The maximum atomic E-state index is 11.9. The molecule has 0 unspecified atom stereocenters. The summed E-state index contributed by atoms with van der Waals surface area (Å²) in [7, 11) is 0. The van der Waals surface area contributed by atoms with Crippen LogP contribution in [0.4, 0.5) is 5.69 Å². The summed E-state index contributed by atoms with van der Waals surface area (Å²) in [5.41, 5.74) is 2.89. The Hall–Kier alpha value is -2.55. The molecule has 2 N–H and O–H groups in total. The number of carbonyl (C=O) groups is 1. The SMILES string of the molecule is O=C(Cc1ccc2cc[nH]c2c1)Nc1ccccc1. The zero-order chi connectivity index (χ0) is 13.1. The number of aromatic nitrogens is 1. The van der Waals surface area contributed by atoms with Gasteiger partial charge in [0.25, 0.3) is 0 Å². The van der Waals surface area contributed by atoms with E-state index >= 15 is 0 Å². The van der Waals surface area contributed by atoms with E-state index in [9.17, 15) is 4.79 Å². The van der Waals surface area contributed by atoms with E-state index in [0.29, 0.717) is 6.42 Å². The van der Waals surface area contributed by atoms with Crippen molar-refractivity contribution in [3.63, 3.8) is 0 Å². The van der Waals surface area contributed by atoms with Crippen LogP contribution < -0.4 is 5.32 Å². The molecule has 0 saturated heterocycles. The van der Waals surface area contributed by atoms with E-state index in [1.165, 1.54) is 0 Å². The zero-order valence-electron chi connectivity index (χ0n) is 10.4. The molecule has 2 aromatic carbocycles. The third-order valence-electron chi connectivity index (χ3n) is 3.04. The number of nitrogens with one attached hydrogen (secondary N) is 2. The van der Waals surface area contributed by atoms with Crippen LogP contribution in [0.1, 0.15) is 5.56 Å². The third-order valence-corrected chi connectivity index (χ3v) is 3.04. The van der Waals surface area contributed by atoms with E-state index in [4.69, 9.17) is 0 Å². The number of aromatic amines is 1. The topological polar surface area (TPSA) is 44.9 Å². The molecule has 3 heteroatoms. The molecule has 1 aromatic heterocycles. The van der Waals surface area contributed by atoms with Gasteiger partial charge in [0.1, 0.15) is 0 Å². The number of fused-ring (bicyclic) bond motifs is 1. The van der Waals surface area contributed by atoms with Gasteiger partial charge in [0.2, 0.25) is 5.91 Å². The van der Waals surface area contributed by atoms with Crippen molar-refractivity contribution in [1.82, 2.24) is 4.98 Å². The number of carbonyl (C=O) groups excluding carboxylic acids is 1. The van der Waals surface area contributed by atoms with Gasteiger partial charge in [0.15, 0.2) is 0 Å². The Kier molecular flexibility index (Phi) is 3.02. The molecule has 0 fully saturated rings. The van der Waals surface area contributed by atoms with Crippen LogP contribution in [0.2, 0.25) is 0 Å². The maximum Gasteiger partial charge on any atom is 0.228 e. The van der Waals surface area contributed by atoms with Crippen LogP contribution in [0.25, 0.3) is 10.9 Å². The number of para-hydroxylation sites is 1. The monoisotopic (exact) mass is 250 g/mol. The fourth-order valence-electron chi connectivity index (χ4n) is 2.12. The van der Waals surface area contributed by atoms with Crippen LogP contribution in [0.3, 0.4) is 0 Å². The summed E-state index contributed by atoms with van der Waals surface area (Å²) in [6, 6.07) is 17.5. The van der Waals surface area contributed by atoms with Crippen molar-refractivity contribution in [1.29, 1.82) is 0 Å². The van der Waals surface area contributed by atoms with E-state index in [-0.39, 0.29) is 5.91 Å². The predicted molar refractivity (Wildman–Crippen MR) is 77.1 cm³/mol. The maximum absolute atomic E-state index is 11.9. The van der Waals surface area contributed by atoms with E-state index in [1.807, 2.05) is 60.8 Å². The standard InChI is InChI=1S/C16H14N2O/c19-16(18-14-4-2-1-3-5-14)11-12-6-7-13-8-9-17-15(13)10-12/h1-10,17H,11H2,(H,18,19). The number of amides is 1. The van der Waals surface area contributed by atoms with Crippen molar-refractivity contribution in [2.45, 2.75) is 6.42 Å². The van der Waals surface area contributed by atoms with E-state index in [1.54, 1.807) is 0 Å². The normalized spacial score (nSPS) is 10.5. The lowest BCUT2D eigenvalue weighted by Gasteiger charge is -2.05. The molecule has 1 amide bonds. The number of hydrogen-bond donors (Lipinski definition) is 2. The highest BCUT2D eigenvalue weighted by molar-refractivity contribution is 5.93. The highest BCUT2D eigenvalue weighted by atomic mass is 16.1. The fourth-order valence-corrected chi connectivity index (χ4v) is 2.12. The Balaban J connectivity index is 1.72. The van der Waals surface area contributed by atoms with Crippen molar-refractivity contribution in [2.75, 3.05) is 5.32 Å². The van der Waals surface area contributed by atoms with Crippen molar-refractivity contribution in [3.8, 4) is 0 Å². The lowest BCUT2D eigenvalue weighted by molar-refractivity contribution is -0.115. The smallest absolute Gasteiger partial charge is 0.228 e. The Morgan fingerprint density at radius 3 is 2.74 bits per heavy atom. The number of anilines is 1. The molecule has 0 bridgehead atoms. The summed E-state index contributed by atoms with van der Waals surface area (Å²) < 4.78 is 0. The minimum atomic E-state index is -0.00268. The van der Waals surface area contributed by atoms with Crippen LogP contribution in [0.5, 0.6) is 0 Å². The first kappa shape index (κ1) is 11.5. The second kappa shape index (κ2) is 4.98. The van der Waals surface area contributed by atoms with Gasteiger partial charge in [-0.25, -0.2) is 0 Å². The summed E-state index contributed by atoms with van der Waals surface area (Å²) in [6.45, 7) is 0. The molecule has 0 aliphatic carbocycles. The number of H-pyrrole nitrogens is 1. The Morgan fingerprint density at radius 1 is 1.05 bits per heavy atom. The van der Waals surface area contributed by atoms with Crippen molar-refractivity contribution in [3.05, 3.63) is 66.4 Å². The van der Waals surface area contributed by atoms with Crippen LogP contribution >= 0.6 is 0 Å². The lowest BCUT2D eigenvalue weighted by Crippen LogP contribution is -2.14. The van der Waals surface area contributed by atoms with Crippen molar-refractivity contribution in [2.24, 2.45) is 0 Å². The molecular weight excluding hydrogens is 236 g/mol. The van der Waals surface area contributed by atoms with Crippen LogP contribution in [-0.4, -0.2) is 10.9 Å². The number of rotatable bonds is 3. The second-order valence-corrected chi connectivity index (χ2v) is 4.49. The molecule has 1 heterocycles. The molecule has 0 saturated carbocycles. The quantitative estimate of drug-likeness (QED) is 0.735. The molecule has 0 spiro atoms. The predicted octanol–water partition coefficient (Wildman–Crippen LogP) is 3.35. The van der Waals surface area contributed by atoms with E-state index in [0.717, 1.165) is 22.2 Å². The Morgan fingerprint density at radius 2 is 1.89 bits per heavy atom. The summed E-state index contributed by atoms with van der Waals surface area (Å²) >= 11 is 0. The van der Waals surface area contributed by atoms with Gasteiger partial charge < -0.3 is 10.3 Å². The summed E-state index contributed by atoms with van der Waals surface area (Å²) in [5, 5.41) is 4.04. The molecule has 3 rings (SSSR count). The minimum Gasteiger partial charge on any atom is -0.361 e. The minimum absolute atomic E-state index is 0.00268. The Bertz CT molecular complexity index is 701. The molecular formula is C16H14N2O. The van der Waals surface area contributed by atoms with Gasteiger partial charge >= 0.3 is 0 Å². The molecule has 0 aliphatic rings. The van der Waals surface area contributed by atoms with Crippen LogP contribution in [0.15, 0.2) is 60.8 Å². The molecule has 3 aromatic rings. The molecule has 3 nitrogen and oxygen atoms in total. The average molecular weight is 250 g/mol. The summed E-state index contributed by atoms with van der Waals surface area (Å²) in [5.74, 6) is -0.00268. The van der Waals surface area contributed by atoms with E-state index in [2.05, 4.69) is 10.3 Å². The molecule has 94 valence electrons. The van der Waals surface area contributed by atoms with Gasteiger partial charge in [-0.3, -0.25) is 4.79 Å². The first-order valence-corrected chi connectivity index (χ1v) is 6.22. The highest BCUT2D eigenvalue weighted by Gasteiger charge is 2.05. The van der Waals surface area contributed by atoms with Gasteiger partial charge in [0, 0.05) is 17.4 Å². The largest absolute Gasteiger partial charge is 0.361 e. The lowest BCUT2D eigenvalue weighted by atomic mass is 10.1. The fraction of sp³-hybridized carbons (Fsp3) is 0.0625. The summed E-state index contributed by atoms with van der Waals surface area (Å²) in [4.78, 5) is 15.1. The van der Waals surface area contributed by atoms with E-state index < -0.39 is 0 Å². The van der Waals surface area contributed by atoms with Gasteiger partial charge in [-0.05, 0) is 35.2 Å². The average Bonchev–Trinajstić information content (AvgIpc) is 2.87. The zero-order valence-corrected chi connectivity index (χ0v) is 10.4. The first-order chi connectivity index (χ1) is 9.31. The molecule has 0 atom stereocenters. The number of hydrogen-bond acceptors (Lipinski definition) is 1. The molecule has 19 heavy (non-hydrogen) atoms. The first-order valence-electron chi connectivity index (χ1n) is 6.22. The third kappa shape index (κ3) is 2.65. The van der Waals surface area contributed by atoms with Crippen LogP contribution in [0, 0.1) is 0 Å². The Labute approximate surface area is 111 Å². The number of benzene rings is 2. The van der Waals surface area contributed by atoms with Crippen molar-refractivity contribution < 1.29 is 4.79 Å². The van der Waals surface area contributed by atoms with Gasteiger partial charge in [-0.1, -0.05) is 30.3 Å². The highest BCUT2D eigenvalue weighted by Crippen LogP contribution is 2.15. The summed E-state index contributed by atoms with van der Waals surface area (Å²) in [6.07, 6.45) is 2.28. The van der Waals surface area contributed by atoms with Gasteiger partial charge in [0.05, 0.1) is 6.42 Å². The second-order valence-electron chi connectivity index (χ2n) is 4.49.